The van der Waals surface area contributed by atoms with Crippen LogP contribution in [0.1, 0.15) is 25.0 Å². The molecule has 5 heteroatoms. The van der Waals surface area contributed by atoms with Crippen LogP contribution < -0.4 is 14.8 Å². The van der Waals surface area contributed by atoms with Crippen LogP contribution >= 0.6 is 27.5 Å². The Morgan fingerprint density at radius 1 is 1.12 bits per heavy atom. The lowest BCUT2D eigenvalue weighted by Crippen LogP contribution is -2.19. The third kappa shape index (κ3) is 5.40. The molecular formula is C19H23BrClNO2. The van der Waals surface area contributed by atoms with Crippen LogP contribution in [0.4, 0.5) is 0 Å². The number of hydrogen-bond donors (Lipinski definition) is 1. The molecule has 0 unspecified atom stereocenters. The number of rotatable bonds is 8. The largest absolute Gasteiger partial charge is 0.493 e. The van der Waals surface area contributed by atoms with E-state index in [1.807, 2.05) is 38.1 Å². The summed E-state index contributed by atoms with van der Waals surface area (Å²) in [5, 5.41) is 4.24. The molecule has 2 aromatic rings. The molecule has 0 amide bonds. The zero-order valence-electron chi connectivity index (χ0n) is 14.2. The lowest BCUT2D eigenvalue weighted by atomic mass is 10.1. The van der Waals surface area contributed by atoms with Gasteiger partial charge in [0.25, 0.3) is 0 Å². The van der Waals surface area contributed by atoms with E-state index in [9.17, 15) is 0 Å². The third-order valence-electron chi connectivity index (χ3n) is 3.55. The van der Waals surface area contributed by atoms with Gasteiger partial charge in [-0.25, -0.2) is 0 Å². The molecule has 0 aliphatic heterocycles. The highest BCUT2D eigenvalue weighted by Crippen LogP contribution is 2.36. The number of ether oxygens (including phenoxy) is 2. The standard InChI is InChI=1S/C19H23BrClNO2/c1-13(2)24-19-16(17(20)8-9-18(19)23-3)12-22-11-10-14-4-6-15(21)7-5-14/h4-9,13,22H,10-12H2,1-3H3. The molecule has 0 aromatic heterocycles. The molecule has 0 saturated carbocycles. The van der Waals surface area contributed by atoms with Gasteiger partial charge in [-0.3, -0.25) is 0 Å². The van der Waals surface area contributed by atoms with Gasteiger partial charge in [-0.2, -0.15) is 0 Å². The van der Waals surface area contributed by atoms with E-state index in [0.29, 0.717) is 6.54 Å². The van der Waals surface area contributed by atoms with Crippen LogP contribution in [0.15, 0.2) is 40.9 Å². The van der Waals surface area contributed by atoms with Crippen molar-refractivity contribution < 1.29 is 9.47 Å². The fourth-order valence-corrected chi connectivity index (χ4v) is 2.95. The Bertz CT molecular complexity index is 659. The molecule has 0 atom stereocenters. The molecule has 0 fully saturated rings. The van der Waals surface area contributed by atoms with Gasteiger partial charge in [0.05, 0.1) is 13.2 Å². The van der Waals surface area contributed by atoms with Crippen LogP contribution in [-0.4, -0.2) is 19.8 Å². The molecule has 2 aromatic carbocycles. The van der Waals surface area contributed by atoms with E-state index in [1.165, 1.54) is 5.56 Å². The molecule has 0 radical (unpaired) electrons. The summed E-state index contributed by atoms with van der Waals surface area (Å²) in [6, 6.07) is 11.9. The highest BCUT2D eigenvalue weighted by molar-refractivity contribution is 9.10. The average molecular weight is 413 g/mol. The molecule has 24 heavy (non-hydrogen) atoms. The first kappa shape index (κ1) is 19.1. The van der Waals surface area contributed by atoms with E-state index in [1.54, 1.807) is 7.11 Å². The van der Waals surface area contributed by atoms with Crippen LogP contribution in [0, 0.1) is 0 Å². The van der Waals surface area contributed by atoms with Crippen molar-refractivity contribution in [1.29, 1.82) is 0 Å². The predicted molar refractivity (Wildman–Crippen MR) is 103 cm³/mol. The Morgan fingerprint density at radius 2 is 1.83 bits per heavy atom. The van der Waals surface area contributed by atoms with Crippen LogP contribution in [0.2, 0.25) is 5.02 Å². The maximum absolute atomic E-state index is 5.97. The van der Waals surface area contributed by atoms with E-state index in [2.05, 4.69) is 33.4 Å². The summed E-state index contributed by atoms with van der Waals surface area (Å²) >= 11 is 9.53. The highest BCUT2D eigenvalue weighted by Gasteiger charge is 2.15. The van der Waals surface area contributed by atoms with Crippen molar-refractivity contribution in [3.05, 3.63) is 57.0 Å². The van der Waals surface area contributed by atoms with Crippen LogP contribution in [0.25, 0.3) is 0 Å². The summed E-state index contributed by atoms with van der Waals surface area (Å²) in [5.74, 6) is 1.54. The quantitative estimate of drug-likeness (QED) is 0.602. The normalized spacial score (nSPS) is 10.9. The van der Waals surface area contributed by atoms with Gasteiger partial charge in [-0.15, -0.1) is 0 Å². The first-order valence-corrected chi connectivity index (χ1v) is 9.15. The Hall–Kier alpha value is -1.23. The fraction of sp³-hybridized carbons (Fsp3) is 0.368. The van der Waals surface area contributed by atoms with Gasteiger partial charge in [0.15, 0.2) is 11.5 Å². The van der Waals surface area contributed by atoms with Crippen molar-refractivity contribution in [2.75, 3.05) is 13.7 Å². The second kappa shape index (κ2) is 9.30. The Balaban J connectivity index is 2.01. The minimum absolute atomic E-state index is 0.0843. The first-order chi connectivity index (χ1) is 11.5. The van der Waals surface area contributed by atoms with Crippen molar-refractivity contribution >= 4 is 27.5 Å². The van der Waals surface area contributed by atoms with Crippen LogP contribution in [0.5, 0.6) is 11.5 Å². The number of nitrogens with one attached hydrogen (secondary N) is 1. The Labute approximate surface area is 157 Å². The number of benzene rings is 2. The summed E-state index contributed by atoms with van der Waals surface area (Å²) in [5.41, 5.74) is 2.33. The summed E-state index contributed by atoms with van der Waals surface area (Å²) in [6.45, 7) is 5.59. The summed E-state index contributed by atoms with van der Waals surface area (Å²) in [7, 11) is 1.66. The van der Waals surface area contributed by atoms with Crippen molar-refractivity contribution in [2.45, 2.75) is 32.9 Å². The Kier molecular flexibility index (Phi) is 7.40. The maximum Gasteiger partial charge on any atom is 0.167 e. The second-order valence-corrected chi connectivity index (χ2v) is 7.07. The van der Waals surface area contributed by atoms with Crippen molar-refractivity contribution in [3.63, 3.8) is 0 Å². The van der Waals surface area contributed by atoms with E-state index < -0.39 is 0 Å². The zero-order valence-corrected chi connectivity index (χ0v) is 16.6. The van der Waals surface area contributed by atoms with Gasteiger partial charge >= 0.3 is 0 Å². The zero-order chi connectivity index (χ0) is 17.5. The second-order valence-electron chi connectivity index (χ2n) is 5.78. The van der Waals surface area contributed by atoms with Crippen molar-refractivity contribution in [2.24, 2.45) is 0 Å². The third-order valence-corrected chi connectivity index (χ3v) is 4.54. The first-order valence-electron chi connectivity index (χ1n) is 7.98. The molecule has 1 N–H and O–H groups in total. The number of halogens is 2. The van der Waals surface area contributed by atoms with Crippen molar-refractivity contribution in [1.82, 2.24) is 5.32 Å². The summed E-state index contributed by atoms with van der Waals surface area (Å²) < 4.78 is 12.4. The number of hydrogen-bond acceptors (Lipinski definition) is 3. The van der Waals surface area contributed by atoms with Gasteiger partial charge < -0.3 is 14.8 Å². The van der Waals surface area contributed by atoms with E-state index in [0.717, 1.165) is 39.5 Å². The van der Waals surface area contributed by atoms with E-state index in [-0.39, 0.29) is 6.10 Å². The lowest BCUT2D eigenvalue weighted by Gasteiger charge is -2.19. The van der Waals surface area contributed by atoms with Gasteiger partial charge in [0, 0.05) is 21.6 Å². The molecule has 0 bridgehead atoms. The molecule has 130 valence electrons. The van der Waals surface area contributed by atoms with E-state index in [4.69, 9.17) is 21.1 Å². The fourth-order valence-electron chi connectivity index (χ4n) is 2.37. The Morgan fingerprint density at radius 3 is 2.46 bits per heavy atom. The molecule has 0 saturated heterocycles. The van der Waals surface area contributed by atoms with Crippen molar-refractivity contribution in [3.8, 4) is 11.5 Å². The van der Waals surface area contributed by atoms with Crippen LogP contribution in [-0.2, 0) is 13.0 Å². The monoisotopic (exact) mass is 411 g/mol. The molecule has 0 aliphatic carbocycles. The molecule has 0 spiro atoms. The predicted octanol–water partition coefficient (Wildman–Crippen LogP) is 5.23. The number of methoxy groups -OCH3 is 1. The van der Waals surface area contributed by atoms with Gasteiger partial charge in [0.1, 0.15) is 0 Å². The topological polar surface area (TPSA) is 30.5 Å². The SMILES string of the molecule is COc1ccc(Br)c(CNCCc2ccc(Cl)cc2)c1OC(C)C. The van der Waals surface area contributed by atoms with E-state index >= 15 is 0 Å². The minimum atomic E-state index is 0.0843. The van der Waals surface area contributed by atoms with Crippen LogP contribution in [0.3, 0.4) is 0 Å². The van der Waals surface area contributed by atoms with Gasteiger partial charge in [-0.1, -0.05) is 39.7 Å². The minimum Gasteiger partial charge on any atom is -0.493 e. The lowest BCUT2D eigenvalue weighted by molar-refractivity contribution is 0.227. The molecular weight excluding hydrogens is 390 g/mol. The average Bonchev–Trinajstić information content (AvgIpc) is 2.55. The highest BCUT2D eigenvalue weighted by atomic mass is 79.9. The van der Waals surface area contributed by atoms with Gasteiger partial charge in [-0.05, 0) is 56.6 Å². The van der Waals surface area contributed by atoms with Gasteiger partial charge in [0.2, 0.25) is 0 Å². The smallest absolute Gasteiger partial charge is 0.167 e. The molecule has 0 heterocycles. The summed E-state index contributed by atoms with van der Waals surface area (Å²) in [4.78, 5) is 0. The summed E-state index contributed by atoms with van der Waals surface area (Å²) in [6.07, 6.45) is 1.03. The molecule has 2 rings (SSSR count). The molecule has 3 nitrogen and oxygen atoms in total. The maximum atomic E-state index is 5.97. The molecule has 0 aliphatic rings.